The van der Waals surface area contributed by atoms with Crippen molar-refractivity contribution >= 4 is 73.2 Å². The Hall–Kier alpha value is 1.70. The minimum Gasteiger partial charge on any atom is -0.122 e. The van der Waals surface area contributed by atoms with E-state index in [0.717, 1.165) is 14.4 Å². The highest BCUT2D eigenvalue weighted by molar-refractivity contribution is 8.25. The Balaban J connectivity index is 2.99. The van der Waals surface area contributed by atoms with Gasteiger partial charge in [0.25, 0.3) is 0 Å². The topological polar surface area (TPSA) is 0 Å². The fourth-order valence-corrected chi connectivity index (χ4v) is 6.08. The summed E-state index contributed by atoms with van der Waals surface area (Å²) in [5.74, 6) is 2.05. The molecule has 0 fully saturated rings. The van der Waals surface area contributed by atoms with Crippen molar-refractivity contribution in [3.8, 4) is 0 Å². The van der Waals surface area contributed by atoms with Crippen LogP contribution in [0, 0.1) is 0 Å². The third-order valence-electron chi connectivity index (χ3n) is 1.00. The number of halogens is 3. The van der Waals surface area contributed by atoms with E-state index in [1.165, 1.54) is 32.9 Å². The number of hydrogen-bond acceptors (Lipinski definition) is 3. The van der Waals surface area contributed by atoms with Crippen LogP contribution in [0.5, 0.6) is 0 Å². The predicted octanol–water partition coefficient (Wildman–Crippen LogP) is 5.46. The number of hydrogen-bond donors (Lipinski definition) is 0. The van der Waals surface area contributed by atoms with Crippen molar-refractivity contribution in [1.29, 1.82) is 0 Å². The Kier molecular flexibility index (Phi) is 5.33. The van der Waals surface area contributed by atoms with Gasteiger partial charge in [0, 0.05) is 4.90 Å². The first-order valence-electron chi connectivity index (χ1n) is 2.40. The lowest BCUT2D eigenvalue weighted by molar-refractivity contribution is 1.25. The van der Waals surface area contributed by atoms with Gasteiger partial charge in [0.05, 0.1) is 9.52 Å². The number of rotatable bonds is 3. The van der Waals surface area contributed by atoms with Gasteiger partial charge in [-0.15, -0.1) is 8.19 Å². The van der Waals surface area contributed by atoms with Crippen LogP contribution in [-0.2, 0) is 0 Å². The highest BCUT2D eigenvalue weighted by Gasteiger charge is 2.10. The lowest BCUT2D eigenvalue weighted by Crippen LogP contribution is -1.63. The molecule has 0 nitrogen and oxygen atoms in total. The SMILES string of the molecule is ClSc1c[pH]c(SCl)c1SCl. The molecule has 1 heterocycles. The summed E-state index contributed by atoms with van der Waals surface area (Å²) in [4.78, 5) is 2.03. The van der Waals surface area contributed by atoms with Crippen LogP contribution in [0.1, 0.15) is 0 Å². The Labute approximate surface area is 92.7 Å². The molecular formula is C4H2Cl3PS3. The van der Waals surface area contributed by atoms with E-state index in [4.69, 9.17) is 32.0 Å². The fraction of sp³-hybridized carbons (Fsp3) is 0. The molecule has 0 spiro atoms. The van der Waals surface area contributed by atoms with E-state index in [-0.39, 0.29) is 0 Å². The van der Waals surface area contributed by atoms with Crippen LogP contribution in [0.25, 0.3) is 0 Å². The minimum atomic E-state index is 0.612. The van der Waals surface area contributed by atoms with E-state index in [0.29, 0.717) is 8.19 Å². The Morgan fingerprint density at radius 3 is 2.27 bits per heavy atom. The summed E-state index contributed by atoms with van der Waals surface area (Å²) < 4.78 is 1.11. The van der Waals surface area contributed by atoms with E-state index >= 15 is 0 Å². The van der Waals surface area contributed by atoms with E-state index in [1.54, 1.807) is 0 Å². The van der Waals surface area contributed by atoms with E-state index in [9.17, 15) is 0 Å². The first-order valence-corrected chi connectivity index (χ1v) is 8.41. The molecule has 0 saturated heterocycles. The van der Waals surface area contributed by atoms with Gasteiger partial charge in [0.2, 0.25) is 0 Å². The van der Waals surface area contributed by atoms with Gasteiger partial charge >= 0.3 is 0 Å². The van der Waals surface area contributed by atoms with Crippen LogP contribution in [0.4, 0.5) is 0 Å². The normalized spacial score (nSPS) is 11.2. The monoisotopic (exact) mass is 282 g/mol. The molecule has 0 N–H and O–H groups in total. The molecule has 1 atom stereocenters. The van der Waals surface area contributed by atoms with Gasteiger partial charge in [-0.1, -0.05) is 0 Å². The molecule has 1 rings (SSSR count). The first-order chi connectivity index (χ1) is 5.33. The summed E-state index contributed by atoms with van der Waals surface area (Å²) in [7, 11) is 21.0. The Morgan fingerprint density at radius 2 is 1.82 bits per heavy atom. The molecule has 62 valence electrons. The van der Waals surface area contributed by atoms with E-state index in [1.807, 2.05) is 5.80 Å². The van der Waals surface area contributed by atoms with Crippen LogP contribution in [0.3, 0.4) is 0 Å². The van der Waals surface area contributed by atoms with Crippen molar-refractivity contribution < 1.29 is 0 Å². The summed E-state index contributed by atoms with van der Waals surface area (Å²) >= 11 is 0. The second-order valence-electron chi connectivity index (χ2n) is 1.54. The molecule has 0 radical (unpaired) electrons. The van der Waals surface area contributed by atoms with Gasteiger partial charge in [0.15, 0.2) is 0 Å². The van der Waals surface area contributed by atoms with Crippen molar-refractivity contribution in [3.63, 3.8) is 0 Å². The third kappa shape index (κ3) is 2.57. The van der Waals surface area contributed by atoms with Crippen LogP contribution < -0.4 is 0 Å². The van der Waals surface area contributed by atoms with Crippen LogP contribution in [0.15, 0.2) is 20.2 Å². The molecule has 7 heteroatoms. The van der Waals surface area contributed by atoms with Crippen LogP contribution >= 0.6 is 73.2 Å². The Morgan fingerprint density at radius 1 is 1.09 bits per heavy atom. The molecule has 1 aromatic heterocycles. The highest BCUT2D eigenvalue weighted by atomic mass is 35.7. The van der Waals surface area contributed by atoms with Crippen molar-refractivity contribution in [2.24, 2.45) is 0 Å². The predicted molar refractivity (Wildman–Crippen MR) is 61.1 cm³/mol. The molecule has 0 amide bonds. The summed E-state index contributed by atoms with van der Waals surface area (Å²) in [5, 5.41) is 0. The van der Waals surface area contributed by atoms with E-state index in [2.05, 4.69) is 0 Å². The van der Waals surface area contributed by atoms with Gasteiger partial charge in [-0.05, 0) is 70.8 Å². The molecule has 11 heavy (non-hydrogen) atoms. The zero-order valence-corrected chi connectivity index (χ0v) is 10.7. The third-order valence-corrected chi connectivity index (χ3v) is 6.49. The van der Waals surface area contributed by atoms with Crippen molar-refractivity contribution in [2.45, 2.75) is 14.4 Å². The van der Waals surface area contributed by atoms with Gasteiger partial charge in [-0.2, -0.15) is 0 Å². The first kappa shape index (κ1) is 10.8. The average molecular weight is 284 g/mol. The molecule has 1 aromatic rings. The largest absolute Gasteiger partial charge is 0.122 e. The zero-order valence-electron chi connectivity index (χ0n) is 4.94. The molecule has 0 aliphatic rings. The maximum Gasteiger partial charge on any atom is 0.0570 e. The van der Waals surface area contributed by atoms with Gasteiger partial charge < -0.3 is 0 Å². The maximum atomic E-state index is 5.63. The maximum absolute atomic E-state index is 5.63. The molecule has 0 aliphatic heterocycles. The highest BCUT2D eigenvalue weighted by Crippen LogP contribution is 2.48. The van der Waals surface area contributed by atoms with Gasteiger partial charge in [-0.25, -0.2) is 0 Å². The molecule has 0 bridgehead atoms. The fourth-order valence-electron chi connectivity index (χ4n) is 0.562. The summed E-state index contributed by atoms with van der Waals surface area (Å²) in [5.41, 5.74) is 0. The Bertz CT molecular complexity index is 217. The zero-order chi connectivity index (χ0) is 8.27. The molecule has 1 unspecified atom stereocenters. The van der Waals surface area contributed by atoms with E-state index < -0.39 is 0 Å². The van der Waals surface area contributed by atoms with Crippen LogP contribution in [0.2, 0.25) is 0 Å². The molecule has 0 aliphatic carbocycles. The van der Waals surface area contributed by atoms with Crippen molar-refractivity contribution in [1.82, 2.24) is 0 Å². The lowest BCUT2D eigenvalue weighted by atomic mass is 10.7. The quantitative estimate of drug-likeness (QED) is 0.723. The van der Waals surface area contributed by atoms with Crippen molar-refractivity contribution in [3.05, 3.63) is 5.80 Å². The molecule has 0 saturated carbocycles. The lowest BCUT2D eigenvalue weighted by Gasteiger charge is -1.94. The summed E-state index contributed by atoms with van der Waals surface area (Å²) in [6, 6.07) is 0. The second-order valence-corrected chi connectivity index (χ2v) is 6.09. The summed E-state index contributed by atoms with van der Waals surface area (Å²) in [6.45, 7) is 0. The second kappa shape index (κ2) is 5.43. The van der Waals surface area contributed by atoms with Crippen molar-refractivity contribution in [2.75, 3.05) is 0 Å². The molecule has 0 aromatic carbocycles. The minimum absolute atomic E-state index is 0.612. The summed E-state index contributed by atoms with van der Waals surface area (Å²) in [6.07, 6.45) is 0. The molecular weight excluding hydrogens is 282 g/mol. The van der Waals surface area contributed by atoms with Gasteiger partial charge in [-0.3, -0.25) is 0 Å². The van der Waals surface area contributed by atoms with Crippen LogP contribution in [-0.4, -0.2) is 0 Å². The van der Waals surface area contributed by atoms with Gasteiger partial charge in [0.1, 0.15) is 0 Å². The standard InChI is InChI=1S/C4H2Cl3PS3/c5-9-2-1-8-4(11-7)3(2)10-6/h1,8H. The average Bonchev–Trinajstić information content (AvgIpc) is 2.45. The smallest absolute Gasteiger partial charge is 0.0570 e.